The number of rotatable bonds is 7. The summed E-state index contributed by atoms with van der Waals surface area (Å²) in [5.41, 5.74) is 3.37. The Bertz CT molecular complexity index is 877. The molecule has 0 radical (unpaired) electrons. The molecule has 5 heteroatoms. The van der Waals surface area contributed by atoms with Gasteiger partial charge in [-0.25, -0.2) is 0 Å². The lowest BCUT2D eigenvalue weighted by Crippen LogP contribution is -2.21. The maximum Gasteiger partial charge on any atom is 0.266 e. The minimum Gasteiger partial charge on any atom is -0.496 e. The highest BCUT2D eigenvalue weighted by atomic mass is 16.5. The molecule has 0 bridgehead atoms. The summed E-state index contributed by atoms with van der Waals surface area (Å²) in [7, 11) is 1.58. The summed E-state index contributed by atoms with van der Waals surface area (Å²) in [6, 6.07) is 15.2. The molecule has 2 rings (SSSR count). The molecule has 0 saturated heterocycles. The van der Waals surface area contributed by atoms with Crippen LogP contribution in [0.25, 0.3) is 6.08 Å². The first-order valence-electron chi connectivity index (χ1n) is 8.95. The van der Waals surface area contributed by atoms with E-state index < -0.39 is 5.91 Å². The number of carbonyl (C=O) groups excluding carboxylic acids is 1. The van der Waals surface area contributed by atoms with Crippen molar-refractivity contribution in [2.45, 2.75) is 20.8 Å². The van der Waals surface area contributed by atoms with Gasteiger partial charge in [0.25, 0.3) is 5.91 Å². The third kappa shape index (κ3) is 4.89. The Labute approximate surface area is 160 Å². The zero-order valence-corrected chi connectivity index (χ0v) is 16.2. The minimum atomic E-state index is -0.443. The maximum absolute atomic E-state index is 12.5. The van der Waals surface area contributed by atoms with Gasteiger partial charge in [0.1, 0.15) is 17.4 Å². The van der Waals surface area contributed by atoms with Crippen LogP contribution in [0.2, 0.25) is 0 Å². The first-order chi connectivity index (χ1) is 13.0. The first-order valence-corrected chi connectivity index (χ1v) is 8.95. The summed E-state index contributed by atoms with van der Waals surface area (Å²) < 4.78 is 5.48. The van der Waals surface area contributed by atoms with Gasteiger partial charge >= 0.3 is 0 Å². The van der Waals surface area contributed by atoms with Gasteiger partial charge in [-0.15, -0.1) is 0 Å². The van der Waals surface area contributed by atoms with Gasteiger partial charge < -0.3 is 15.0 Å². The molecular weight excluding hydrogens is 338 g/mol. The molecule has 2 aromatic carbocycles. The number of hydrogen-bond donors (Lipinski definition) is 1. The van der Waals surface area contributed by atoms with E-state index in [0.29, 0.717) is 17.0 Å². The average molecular weight is 363 g/mol. The largest absolute Gasteiger partial charge is 0.496 e. The highest BCUT2D eigenvalue weighted by Gasteiger charge is 2.13. The molecule has 0 aliphatic rings. The Morgan fingerprint density at radius 3 is 2.52 bits per heavy atom. The zero-order chi connectivity index (χ0) is 19.8. The van der Waals surface area contributed by atoms with Gasteiger partial charge in [0.15, 0.2) is 0 Å². The summed E-state index contributed by atoms with van der Waals surface area (Å²) >= 11 is 0. The van der Waals surface area contributed by atoms with E-state index in [4.69, 9.17) is 4.74 Å². The van der Waals surface area contributed by atoms with Crippen LogP contribution in [-0.2, 0) is 4.79 Å². The molecular formula is C22H25N3O2. The number of carbonyl (C=O) groups is 1. The lowest BCUT2D eigenvalue weighted by molar-refractivity contribution is -0.112. The number of nitrogens with one attached hydrogen (secondary N) is 1. The molecule has 0 fully saturated rings. The van der Waals surface area contributed by atoms with E-state index in [0.717, 1.165) is 24.3 Å². The van der Waals surface area contributed by atoms with E-state index in [2.05, 4.69) is 24.1 Å². The Kier molecular flexibility index (Phi) is 7.01. The summed E-state index contributed by atoms with van der Waals surface area (Å²) in [6.07, 6.45) is 1.55. The number of nitrogens with zero attached hydrogens (tertiary/aromatic N) is 2. The molecule has 1 N–H and O–H groups in total. The molecule has 2 aromatic rings. The van der Waals surface area contributed by atoms with Crippen molar-refractivity contribution in [3.8, 4) is 11.8 Å². The second kappa shape index (κ2) is 9.44. The number of benzene rings is 2. The summed E-state index contributed by atoms with van der Waals surface area (Å²) in [6.45, 7) is 7.86. The van der Waals surface area contributed by atoms with Gasteiger partial charge in [0.2, 0.25) is 0 Å². The topological polar surface area (TPSA) is 65.4 Å². The zero-order valence-electron chi connectivity index (χ0n) is 16.2. The van der Waals surface area contributed by atoms with Crippen LogP contribution in [-0.4, -0.2) is 26.1 Å². The second-order valence-corrected chi connectivity index (χ2v) is 6.04. The van der Waals surface area contributed by atoms with Crippen LogP contribution in [0.4, 0.5) is 11.4 Å². The number of amides is 1. The van der Waals surface area contributed by atoms with Gasteiger partial charge in [-0.1, -0.05) is 18.2 Å². The molecule has 0 saturated carbocycles. The van der Waals surface area contributed by atoms with Crippen molar-refractivity contribution in [2.24, 2.45) is 0 Å². The van der Waals surface area contributed by atoms with E-state index in [1.807, 2.05) is 55.5 Å². The molecule has 5 nitrogen and oxygen atoms in total. The molecule has 0 aliphatic carbocycles. The van der Waals surface area contributed by atoms with Crippen molar-refractivity contribution in [2.75, 3.05) is 30.4 Å². The Hall–Kier alpha value is -3.26. The number of aryl methyl sites for hydroxylation is 1. The van der Waals surface area contributed by atoms with Gasteiger partial charge in [0.05, 0.1) is 7.11 Å². The Balaban J connectivity index is 2.32. The number of ether oxygens (including phenoxy) is 1. The summed E-state index contributed by atoms with van der Waals surface area (Å²) in [4.78, 5) is 14.7. The normalized spacial score (nSPS) is 10.9. The van der Waals surface area contributed by atoms with E-state index in [9.17, 15) is 10.1 Å². The molecule has 140 valence electrons. The van der Waals surface area contributed by atoms with Crippen LogP contribution in [0.15, 0.2) is 48.0 Å². The lowest BCUT2D eigenvalue weighted by Gasteiger charge is -2.22. The van der Waals surface area contributed by atoms with E-state index in [1.165, 1.54) is 0 Å². The molecule has 0 heterocycles. The predicted octanol–water partition coefficient (Wildman–Crippen LogP) is 4.40. The van der Waals surface area contributed by atoms with Crippen LogP contribution in [0.1, 0.15) is 25.0 Å². The summed E-state index contributed by atoms with van der Waals surface area (Å²) in [5.74, 6) is 0.178. The van der Waals surface area contributed by atoms with Crippen molar-refractivity contribution in [3.05, 3.63) is 59.2 Å². The highest BCUT2D eigenvalue weighted by Crippen LogP contribution is 2.28. The Morgan fingerprint density at radius 1 is 1.22 bits per heavy atom. The van der Waals surface area contributed by atoms with Crippen molar-refractivity contribution in [1.29, 1.82) is 5.26 Å². The fourth-order valence-electron chi connectivity index (χ4n) is 2.81. The minimum absolute atomic E-state index is 0.0205. The van der Waals surface area contributed by atoms with E-state index >= 15 is 0 Å². The van der Waals surface area contributed by atoms with Crippen LogP contribution in [0.3, 0.4) is 0 Å². The van der Waals surface area contributed by atoms with Crippen molar-refractivity contribution >= 4 is 23.4 Å². The van der Waals surface area contributed by atoms with Crippen molar-refractivity contribution < 1.29 is 9.53 Å². The van der Waals surface area contributed by atoms with E-state index in [1.54, 1.807) is 13.2 Å². The highest BCUT2D eigenvalue weighted by molar-refractivity contribution is 6.10. The molecule has 0 aromatic heterocycles. The molecule has 0 spiro atoms. The number of nitriles is 1. The number of para-hydroxylation sites is 1. The van der Waals surface area contributed by atoms with E-state index in [-0.39, 0.29) is 5.57 Å². The van der Waals surface area contributed by atoms with Gasteiger partial charge in [0, 0.05) is 36.1 Å². The Morgan fingerprint density at radius 2 is 1.93 bits per heavy atom. The monoisotopic (exact) mass is 363 g/mol. The quantitative estimate of drug-likeness (QED) is 0.585. The third-order valence-electron chi connectivity index (χ3n) is 4.40. The summed E-state index contributed by atoms with van der Waals surface area (Å²) in [5, 5.41) is 12.2. The van der Waals surface area contributed by atoms with Gasteiger partial charge in [-0.05, 0) is 50.6 Å². The number of anilines is 2. The average Bonchev–Trinajstić information content (AvgIpc) is 2.69. The fraction of sp³-hybridized carbons (Fsp3) is 0.273. The van der Waals surface area contributed by atoms with Crippen LogP contribution in [0.5, 0.6) is 5.75 Å². The van der Waals surface area contributed by atoms with Crippen LogP contribution in [0, 0.1) is 18.3 Å². The molecule has 0 aliphatic heterocycles. The third-order valence-corrected chi connectivity index (χ3v) is 4.40. The smallest absolute Gasteiger partial charge is 0.266 e. The SMILES string of the molecule is CCN(CC)c1ccc(/C=C(/C#N)C(=O)Nc2ccccc2C)c(OC)c1. The lowest BCUT2D eigenvalue weighted by atomic mass is 10.1. The standard InChI is InChI=1S/C22H25N3O2/c1-5-25(6-2)19-12-11-17(21(14-19)27-4)13-18(15-23)22(26)24-20-10-8-7-9-16(20)3/h7-14H,5-6H2,1-4H3,(H,24,26)/b18-13-. The van der Waals surface area contributed by atoms with Crippen LogP contribution >= 0.6 is 0 Å². The van der Waals surface area contributed by atoms with Crippen molar-refractivity contribution in [1.82, 2.24) is 0 Å². The molecule has 0 unspecified atom stereocenters. The maximum atomic E-state index is 12.5. The second-order valence-electron chi connectivity index (χ2n) is 6.04. The molecule has 0 atom stereocenters. The predicted molar refractivity (Wildman–Crippen MR) is 110 cm³/mol. The van der Waals surface area contributed by atoms with Crippen molar-refractivity contribution in [3.63, 3.8) is 0 Å². The number of hydrogen-bond acceptors (Lipinski definition) is 4. The fourth-order valence-corrected chi connectivity index (χ4v) is 2.81. The van der Waals surface area contributed by atoms with Gasteiger partial charge in [-0.3, -0.25) is 4.79 Å². The molecule has 1 amide bonds. The first kappa shape index (κ1) is 20.1. The van der Waals surface area contributed by atoms with Crippen LogP contribution < -0.4 is 15.0 Å². The number of methoxy groups -OCH3 is 1. The van der Waals surface area contributed by atoms with Gasteiger partial charge in [-0.2, -0.15) is 5.26 Å². The molecule has 27 heavy (non-hydrogen) atoms.